The molecule has 0 bridgehead atoms. The molecule has 4 rings (SSSR count). The van der Waals surface area contributed by atoms with Gasteiger partial charge in [-0.2, -0.15) is 0 Å². The van der Waals surface area contributed by atoms with Crippen LogP contribution in [0, 0.1) is 12.8 Å². The first-order valence-electron chi connectivity index (χ1n) is 11.1. The zero-order chi connectivity index (χ0) is 23.5. The quantitative estimate of drug-likeness (QED) is 0.381. The molecule has 2 aromatic rings. The van der Waals surface area contributed by atoms with E-state index in [2.05, 4.69) is 0 Å². The van der Waals surface area contributed by atoms with Gasteiger partial charge in [0.1, 0.15) is 11.5 Å². The molecule has 2 aromatic carbocycles. The average Bonchev–Trinajstić information content (AvgIpc) is 3.17. The van der Waals surface area contributed by atoms with E-state index in [1.807, 2.05) is 6.92 Å². The van der Waals surface area contributed by atoms with E-state index in [4.69, 9.17) is 9.47 Å². The standard InChI is InChI=1S/C25H26N2O6/c1-3-32-19-9-7-18(8-10-19)26-15-17(14-24(26)30)25(31)33-20-11-12-21(16(2)13-20)27-22(28)5-4-6-23(27)29/h7-13,17H,3-6,14-15H2,1-2H3/t17-/m1/s1. The van der Waals surface area contributed by atoms with Crippen LogP contribution in [0.15, 0.2) is 42.5 Å². The molecule has 0 radical (unpaired) electrons. The Kier molecular flexibility index (Phi) is 6.44. The number of carbonyl (C=O) groups is 4. The summed E-state index contributed by atoms with van der Waals surface area (Å²) >= 11 is 0. The van der Waals surface area contributed by atoms with Crippen LogP contribution in [0.3, 0.4) is 0 Å². The highest BCUT2D eigenvalue weighted by Crippen LogP contribution is 2.31. The molecule has 33 heavy (non-hydrogen) atoms. The number of ether oxygens (including phenoxy) is 2. The van der Waals surface area contributed by atoms with Crippen molar-refractivity contribution in [1.82, 2.24) is 0 Å². The molecule has 0 unspecified atom stereocenters. The summed E-state index contributed by atoms with van der Waals surface area (Å²) in [5, 5.41) is 0. The molecule has 2 aliphatic heterocycles. The van der Waals surface area contributed by atoms with E-state index in [-0.39, 0.29) is 30.7 Å². The first-order chi connectivity index (χ1) is 15.9. The second-order valence-corrected chi connectivity index (χ2v) is 8.18. The van der Waals surface area contributed by atoms with Crippen molar-refractivity contribution in [3.8, 4) is 11.5 Å². The Morgan fingerprint density at radius 3 is 2.27 bits per heavy atom. The number of esters is 1. The molecule has 3 amide bonds. The van der Waals surface area contributed by atoms with E-state index >= 15 is 0 Å². The number of hydrogen-bond donors (Lipinski definition) is 0. The number of piperidine rings is 1. The number of nitrogens with zero attached hydrogens (tertiary/aromatic N) is 2. The summed E-state index contributed by atoms with van der Waals surface area (Å²) in [4.78, 5) is 52.4. The molecule has 0 saturated carbocycles. The van der Waals surface area contributed by atoms with Gasteiger partial charge < -0.3 is 14.4 Å². The minimum absolute atomic E-state index is 0.0693. The summed E-state index contributed by atoms with van der Waals surface area (Å²) < 4.78 is 11.0. The van der Waals surface area contributed by atoms with Crippen molar-refractivity contribution in [3.05, 3.63) is 48.0 Å². The maximum Gasteiger partial charge on any atom is 0.316 e. The van der Waals surface area contributed by atoms with Crippen molar-refractivity contribution < 1.29 is 28.7 Å². The lowest BCUT2D eigenvalue weighted by molar-refractivity contribution is -0.139. The smallest absolute Gasteiger partial charge is 0.316 e. The number of rotatable bonds is 6. The van der Waals surface area contributed by atoms with Gasteiger partial charge in [-0.05, 0) is 68.3 Å². The first-order valence-corrected chi connectivity index (χ1v) is 11.1. The fraction of sp³-hybridized carbons (Fsp3) is 0.360. The molecule has 2 heterocycles. The van der Waals surface area contributed by atoms with E-state index in [0.29, 0.717) is 48.6 Å². The normalized spacial score (nSPS) is 18.6. The van der Waals surface area contributed by atoms with Gasteiger partial charge in [0.05, 0.1) is 18.2 Å². The minimum Gasteiger partial charge on any atom is -0.494 e. The second kappa shape index (κ2) is 9.44. The highest BCUT2D eigenvalue weighted by molar-refractivity contribution is 6.16. The molecule has 1 atom stereocenters. The third kappa shape index (κ3) is 4.74. The fourth-order valence-electron chi connectivity index (χ4n) is 4.17. The summed E-state index contributed by atoms with van der Waals surface area (Å²) in [6, 6.07) is 12.0. The first kappa shape index (κ1) is 22.5. The lowest BCUT2D eigenvalue weighted by Gasteiger charge is -2.26. The zero-order valence-electron chi connectivity index (χ0n) is 18.7. The molecule has 0 spiro atoms. The van der Waals surface area contributed by atoms with Gasteiger partial charge in [0.15, 0.2) is 0 Å². The Hall–Kier alpha value is -3.68. The van der Waals surface area contributed by atoms with Gasteiger partial charge in [-0.15, -0.1) is 0 Å². The molecule has 0 aromatic heterocycles. The molecule has 0 N–H and O–H groups in total. The molecular weight excluding hydrogens is 424 g/mol. The summed E-state index contributed by atoms with van der Waals surface area (Å²) in [6.45, 7) is 4.45. The topological polar surface area (TPSA) is 93.2 Å². The van der Waals surface area contributed by atoms with E-state index in [1.54, 1.807) is 54.3 Å². The summed E-state index contributed by atoms with van der Waals surface area (Å²) in [7, 11) is 0. The number of benzene rings is 2. The molecular formula is C25H26N2O6. The monoisotopic (exact) mass is 450 g/mol. The van der Waals surface area contributed by atoms with Crippen LogP contribution in [0.5, 0.6) is 11.5 Å². The number of aryl methyl sites for hydroxylation is 1. The van der Waals surface area contributed by atoms with Gasteiger partial charge in [-0.3, -0.25) is 24.1 Å². The predicted octanol–water partition coefficient (Wildman–Crippen LogP) is 3.40. The van der Waals surface area contributed by atoms with Crippen molar-refractivity contribution in [2.75, 3.05) is 23.0 Å². The van der Waals surface area contributed by atoms with Crippen LogP contribution in [-0.4, -0.2) is 36.8 Å². The second-order valence-electron chi connectivity index (χ2n) is 8.18. The fourth-order valence-corrected chi connectivity index (χ4v) is 4.17. The third-order valence-electron chi connectivity index (χ3n) is 5.83. The van der Waals surface area contributed by atoms with Crippen LogP contribution in [0.4, 0.5) is 11.4 Å². The van der Waals surface area contributed by atoms with Crippen LogP contribution in [-0.2, 0) is 19.2 Å². The zero-order valence-corrected chi connectivity index (χ0v) is 18.7. The van der Waals surface area contributed by atoms with Gasteiger partial charge in [0.25, 0.3) is 0 Å². The molecule has 8 heteroatoms. The van der Waals surface area contributed by atoms with E-state index in [1.165, 1.54) is 4.90 Å². The van der Waals surface area contributed by atoms with Crippen molar-refractivity contribution >= 4 is 35.1 Å². The van der Waals surface area contributed by atoms with Gasteiger partial charge in [-0.25, -0.2) is 0 Å². The third-order valence-corrected chi connectivity index (χ3v) is 5.83. The lowest BCUT2D eigenvalue weighted by atomic mass is 10.1. The highest BCUT2D eigenvalue weighted by Gasteiger charge is 2.36. The van der Waals surface area contributed by atoms with Crippen LogP contribution >= 0.6 is 0 Å². The Labute approximate surface area is 192 Å². The van der Waals surface area contributed by atoms with E-state index < -0.39 is 11.9 Å². The molecule has 2 aliphatic rings. The van der Waals surface area contributed by atoms with Gasteiger partial charge in [0.2, 0.25) is 17.7 Å². The average molecular weight is 450 g/mol. The summed E-state index contributed by atoms with van der Waals surface area (Å²) in [5.74, 6) is -0.644. The Morgan fingerprint density at radius 2 is 1.64 bits per heavy atom. The molecule has 0 aliphatic carbocycles. The van der Waals surface area contributed by atoms with Crippen molar-refractivity contribution in [2.45, 2.75) is 39.5 Å². The van der Waals surface area contributed by atoms with Gasteiger partial charge in [-0.1, -0.05) is 0 Å². The van der Waals surface area contributed by atoms with Crippen LogP contribution < -0.4 is 19.3 Å². The van der Waals surface area contributed by atoms with Crippen molar-refractivity contribution in [3.63, 3.8) is 0 Å². The van der Waals surface area contributed by atoms with E-state index in [9.17, 15) is 19.2 Å². The maximum absolute atomic E-state index is 12.7. The summed E-state index contributed by atoms with van der Waals surface area (Å²) in [6.07, 6.45) is 1.31. The number of imide groups is 1. The maximum atomic E-state index is 12.7. The Balaban J connectivity index is 1.42. The molecule has 2 fully saturated rings. The SMILES string of the molecule is CCOc1ccc(N2C[C@H](C(=O)Oc3ccc(N4C(=O)CCCC4=O)c(C)c3)CC2=O)cc1. The van der Waals surface area contributed by atoms with Crippen molar-refractivity contribution in [1.29, 1.82) is 0 Å². The van der Waals surface area contributed by atoms with Crippen molar-refractivity contribution in [2.24, 2.45) is 5.92 Å². The predicted molar refractivity (Wildman–Crippen MR) is 121 cm³/mol. The van der Waals surface area contributed by atoms with E-state index in [0.717, 1.165) is 5.75 Å². The summed E-state index contributed by atoms with van der Waals surface area (Å²) in [5.41, 5.74) is 1.86. The number of carbonyl (C=O) groups excluding carboxylic acids is 4. The number of hydrogen-bond acceptors (Lipinski definition) is 6. The largest absolute Gasteiger partial charge is 0.494 e. The van der Waals surface area contributed by atoms with Crippen LogP contribution in [0.2, 0.25) is 0 Å². The molecule has 8 nitrogen and oxygen atoms in total. The van der Waals surface area contributed by atoms with Gasteiger partial charge in [0, 0.05) is 31.5 Å². The van der Waals surface area contributed by atoms with Crippen LogP contribution in [0.25, 0.3) is 0 Å². The molecule has 2 saturated heterocycles. The number of anilines is 2. The van der Waals surface area contributed by atoms with Crippen LogP contribution in [0.1, 0.15) is 38.2 Å². The Morgan fingerprint density at radius 1 is 0.970 bits per heavy atom. The number of amides is 3. The molecule has 172 valence electrons. The highest BCUT2D eigenvalue weighted by atomic mass is 16.5. The Bertz CT molecular complexity index is 1080. The minimum atomic E-state index is -0.589. The van der Waals surface area contributed by atoms with Gasteiger partial charge >= 0.3 is 5.97 Å². The lowest BCUT2D eigenvalue weighted by Crippen LogP contribution is -2.40.